The molecule has 0 fully saturated rings. The highest BCUT2D eigenvalue weighted by molar-refractivity contribution is 6.31. The van der Waals surface area contributed by atoms with Crippen LogP contribution in [0.4, 0.5) is 14.9 Å². The normalized spacial score (nSPS) is 14.9. The van der Waals surface area contributed by atoms with Crippen molar-refractivity contribution < 1.29 is 18.7 Å². The second-order valence-electron chi connectivity index (χ2n) is 7.02. The van der Waals surface area contributed by atoms with Crippen LogP contribution in [0.5, 0.6) is 5.88 Å². The smallest absolute Gasteiger partial charge is 0.388 e. The van der Waals surface area contributed by atoms with Gasteiger partial charge in [0.05, 0.1) is 11.1 Å². The van der Waals surface area contributed by atoms with Crippen LogP contribution in [0.25, 0.3) is 0 Å². The molecule has 2 amide bonds. The minimum atomic E-state index is -0.626. The molecule has 1 aliphatic rings. The summed E-state index contributed by atoms with van der Waals surface area (Å²) in [5.74, 6) is -0.945. The number of rotatable bonds is 4. The zero-order valence-corrected chi connectivity index (χ0v) is 18.0. The Morgan fingerprint density at radius 2 is 2.16 bits per heavy atom. The SMILES string of the molecule is CN(C(=O)Oc1cn[nH]n1)C1CCc2c1c(Cl)n(C)c2C(=O)Nc1ccc(F)c(Cl)c1. The predicted molar refractivity (Wildman–Crippen MR) is 111 cm³/mol. The molecule has 4 rings (SSSR count). The van der Waals surface area contributed by atoms with Crippen LogP contribution in [0, 0.1) is 5.82 Å². The van der Waals surface area contributed by atoms with Crippen molar-refractivity contribution in [3.05, 3.63) is 57.2 Å². The van der Waals surface area contributed by atoms with Gasteiger partial charge in [0.25, 0.3) is 11.8 Å². The first-order chi connectivity index (χ1) is 14.8. The lowest BCUT2D eigenvalue weighted by Crippen LogP contribution is -2.32. The second kappa shape index (κ2) is 8.20. The van der Waals surface area contributed by atoms with Crippen LogP contribution < -0.4 is 10.1 Å². The molecule has 31 heavy (non-hydrogen) atoms. The summed E-state index contributed by atoms with van der Waals surface area (Å²) < 4.78 is 20.1. The number of anilines is 1. The van der Waals surface area contributed by atoms with Gasteiger partial charge in [0.2, 0.25) is 0 Å². The first-order valence-electron chi connectivity index (χ1n) is 9.21. The zero-order chi connectivity index (χ0) is 22.3. The number of nitrogens with zero attached hydrogens (tertiary/aromatic N) is 4. The van der Waals surface area contributed by atoms with Gasteiger partial charge in [0.1, 0.15) is 22.9 Å². The van der Waals surface area contributed by atoms with Crippen LogP contribution in [-0.2, 0) is 13.5 Å². The van der Waals surface area contributed by atoms with Crippen molar-refractivity contribution in [1.82, 2.24) is 24.9 Å². The summed E-state index contributed by atoms with van der Waals surface area (Å²) in [6.07, 6.45) is 1.76. The van der Waals surface area contributed by atoms with Crippen LogP contribution in [-0.4, -0.2) is 43.9 Å². The molecule has 12 heteroatoms. The van der Waals surface area contributed by atoms with E-state index in [2.05, 4.69) is 20.7 Å². The van der Waals surface area contributed by atoms with E-state index in [9.17, 15) is 14.0 Å². The molecule has 0 saturated heterocycles. The number of fused-ring (bicyclic) bond motifs is 1. The van der Waals surface area contributed by atoms with Crippen LogP contribution >= 0.6 is 23.2 Å². The highest BCUT2D eigenvalue weighted by atomic mass is 35.5. The molecular formula is C19H17Cl2FN6O3. The van der Waals surface area contributed by atoms with Gasteiger partial charge < -0.3 is 19.5 Å². The van der Waals surface area contributed by atoms with Crippen LogP contribution in [0.1, 0.15) is 34.1 Å². The van der Waals surface area contributed by atoms with Gasteiger partial charge in [-0.05, 0) is 36.6 Å². The van der Waals surface area contributed by atoms with Gasteiger partial charge in [-0.2, -0.15) is 10.3 Å². The Morgan fingerprint density at radius 1 is 1.39 bits per heavy atom. The Hall–Kier alpha value is -3.11. The third-order valence-corrected chi connectivity index (χ3v) is 5.94. The summed E-state index contributed by atoms with van der Waals surface area (Å²) in [7, 11) is 3.25. The average Bonchev–Trinajstić information content (AvgIpc) is 3.44. The summed E-state index contributed by atoms with van der Waals surface area (Å²) in [6, 6.07) is 3.54. The topological polar surface area (TPSA) is 105 Å². The monoisotopic (exact) mass is 466 g/mol. The molecule has 1 atom stereocenters. The van der Waals surface area contributed by atoms with Crippen LogP contribution in [0.15, 0.2) is 24.4 Å². The first-order valence-corrected chi connectivity index (χ1v) is 9.97. The molecule has 1 unspecified atom stereocenters. The number of hydrogen-bond donors (Lipinski definition) is 2. The van der Waals surface area contributed by atoms with Crippen molar-refractivity contribution in [3.63, 3.8) is 0 Å². The Labute approximate surface area is 186 Å². The van der Waals surface area contributed by atoms with Crippen molar-refractivity contribution in [3.8, 4) is 5.88 Å². The maximum absolute atomic E-state index is 13.4. The highest BCUT2D eigenvalue weighted by Gasteiger charge is 2.38. The fourth-order valence-corrected chi connectivity index (χ4v) is 4.23. The summed E-state index contributed by atoms with van der Waals surface area (Å²) in [5.41, 5.74) is 2.14. The standard InChI is InChI=1S/C19H17Cl2FN6O3/c1-27(19(30)31-14-8-23-26-25-14)13-6-4-10-15(13)17(21)28(2)16(10)18(29)24-9-3-5-12(22)11(20)7-9/h3,5,7-8,13H,4,6H2,1-2H3,(H,24,29)(H,23,25,26). The first kappa shape index (κ1) is 21.1. The largest absolute Gasteiger partial charge is 0.416 e. The molecule has 1 aliphatic carbocycles. The van der Waals surface area contributed by atoms with Gasteiger partial charge in [-0.25, -0.2) is 9.18 Å². The summed E-state index contributed by atoms with van der Waals surface area (Å²) >= 11 is 12.3. The van der Waals surface area contributed by atoms with Gasteiger partial charge >= 0.3 is 6.09 Å². The summed E-state index contributed by atoms with van der Waals surface area (Å²) in [5, 5.41) is 12.6. The number of aromatic nitrogens is 4. The number of carbonyl (C=O) groups excluding carboxylic acids is 2. The van der Waals surface area contributed by atoms with Crippen molar-refractivity contribution >= 4 is 40.9 Å². The molecule has 0 saturated carbocycles. The maximum Gasteiger partial charge on any atom is 0.416 e. The van der Waals surface area contributed by atoms with Crippen molar-refractivity contribution in [2.45, 2.75) is 18.9 Å². The number of benzene rings is 1. The molecule has 2 heterocycles. The Balaban J connectivity index is 1.59. The van der Waals surface area contributed by atoms with Crippen LogP contribution in [0.2, 0.25) is 10.2 Å². The number of nitrogens with one attached hydrogen (secondary N) is 2. The van der Waals surface area contributed by atoms with E-state index in [-0.39, 0.29) is 16.9 Å². The van der Waals surface area contributed by atoms with Gasteiger partial charge in [-0.1, -0.05) is 23.2 Å². The van der Waals surface area contributed by atoms with Gasteiger partial charge in [0.15, 0.2) is 0 Å². The number of hydrogen-bond acceptors (Lipinski definition) is 5. The molecule has 0 radical (unpaired) electrons. The molecule has 0 aliphatic heterocycles. The molecule has 2 N–H and O–H groups in total. The average molecular weight is 467 g/mol. The minimum Gasteiger partial charge on any atom is -0.388 e. The highest BCUT2D eigenvalue weighted by Crippen LogP contribution is 2.43. The van der Waals surface area contributed by atoms with Crippen LogP contribution in [0.3, 0.4) is 0 Å². The lowest BCUT2D eigenvalue weighted by Gasteiger charge is -2.24. The fraction of sp³-hybridized carbons (Fsp3) is 0.263. The zero-order valence-electron chi connectivity index (χ0n) is 16.4. The molecule has 9 nitrogen and oxygen atoms in total. The summed E-state index contributed by atoms with van der Waals surface area (Å²) in [4.78, 5) is 26.9. The number of carbonyl (C=O) groups is 2. The van der Waals surface area contributed by atoms with Gasteiger partial charge in [-0.3, -0.25) is 4.79 Å². The Kier molecular flexibility index (Phi) is 5.59. The second-order valence-corrected chi connectivity index (χ2v) is 7.78. The fourth-order valence-electron chi connectivity index (χ4n) is 3.72. The van der Waals surface area contributed by atoms with E-state index >= 15 is 0 Å². The molecule has 3 aromatic rings. The number of amides is 2. The molecule has 0 bridgehead atoms. The summed E-state index contributed by atoms with van der Waals surface area (Å²) in [6.45, 7) is 0. The Bertz CT molecular complexity index is 1160. The van der Waals surface area contributed by atoms with Gasteiger partial charge in [0, 0.05) is 25.3 Å². The van der Waals surface area contributed by atoms with Gasteiger partial charge in [-0.15, -0.1) is 5.10 Å². The van der Waals surface area contributed by atoms with Crippen molar-refractivity contribution in [2.75, 3.05) is 12.4 Å². The number of H-pyrrole nitrogens is 1. The number of halogens is 3. The van der Waals surface area contributed by atoms with E-state index in [1.165, 1.54) is 29.3 Å². The molecular weight excluding hydrogens is 450 g/mol. The maximum atomic E-state index is 13.4. The van der Waals surface area contributed by atoms with E-state index in [1.807, 2.05) is 0 Å². The molecule has 162 valence electrons. The lowest BCUT2D eigenvalue weighted by atomic mass is 10.1. The van der Waals surface area contributed by atoms with E-state index in [4.69, 9.17) is 27.9 Å². The third-order valence-electron chi connectivity index (χ3n) is 5.20. The van der Waals surface area contributed by atoms with Crippen molar-refractivity contribution in [1.29, 1.82) is 0 Å². The van der Waals surface area contributed by atoms with E-state index in [1.54, 1.807) is 18.7 Å². The van der Waals surface area contributed by atoms with Crippen molar-refractivity contribution in [2.24, 2.45) is 7.05 Å². The predicted octanol–water partition coefficient (Wildman–Crippen LogP) is 3.96. The number of aromatic amines is 1. The quantitative estimate of drug-likeness (QED) is 0.605. The molecule has 2 aromatic heterocycles. The Morgan fingerprint density at radius 3 is 2.84 bits per heavy atom. The minimum absolute atomic E-state index is 0.0484. The van der Waals surface area contributed by atoms with E-state index in [0.29, 0.717) is 34.9 Å². The number of ether oxygens (including phenoxy) is 1. The molecule has 0 spiro atoms. The van der Waals surface area contributed by atoms with E-state index < -0.39 is 17.8 Å². The third kappa shape index (κ3) is 3.84. The molecule has 1 aromatic carbocycles. The van der Waals surface area contributed by atoms with E-state index in [0.717, 1.165) is 5.56 Å². The lowest BCUT2D eigenvalue weighted by molar-refractivity contribution is 0.101.